The van der Waals surface area contributed by atoms with E-state index in [2.05, 4.69) is 25.9 Å². The molecule has 0 saturated carbocycles. The van der Waals surface area contributed by atoms with Gasteiger partial charge in [0.05, 0.1) is 6.33 Å². The number of ether oxygens (including phenoxy) is 1. The largest absolute Gasteiger partial charge is 0.438 e. The molecule has 0 aliphatic heterocycles. The van der Waals surface area contributed by atoms with Crippen molar-refractivity contribution >= 4 is 15.9 Å². The van der Waals surface area contributed by atoms with Crippen molar-refractivity contribution in [3.63, 3.8) is 0 Å². The van der Waals surface area contributed by atoms with E-state index in [4.69, 9.17) is 4.74 Å². The van der Waals surface area contributed by atoms with Crippen LogP contribution in [-0.2, 0) is 0 Å². The summed E-state index contributed by atoms with van der Waals surface area (Å²) < 4.78 is 18.1. The Morgan fingerprint density at radius 2 is 2.00 bits per heavy atom. The standard InChI is InChI=1S/C10H6BrFN2O2/c11-8-9(15)13-5-14-10(8)16-7-3-1-6(12)2-4-7/h1-5H,(H,13,14,15). The van der Waals surface area contributed by atoms with Crippen LogP contribution in [0.5, 0.6) is 11.6 Å². The lowest BCUT2D eigenvalue weighted by Crippen LogP contribution is -2.08. The Morgan fingerprint density at radius 1 is 1.31 bits per heavy atom. The summed E-state index contributed by atoms with van der Waals surface area (Å²) in [5, 5.41) is 0. The molecule has 0 aliphatic rings. The molecule has 0 unspecified atom stereocenters. The van der Waals surface area contributed by atoms with E-state index in [0.717, 1.165) is 0 Å². The van der Waals surface area contributed by atoms with E-state index >= 15 is 0 Å². The fourth-order valence-electron chi connectivity index (χ4n) is 1.05. The molecule has 1 heterocycles. The molecule has 0 bridgehead atoms. The van der Waals surface area contributed by atoms with Gasteiger partial charge in [0.15, 0.2) is 0 Å². The molecule has 1 N–H and O–H groups in total. The van der Waals surface area contributed by atoms with Crippen molar-refractivity contribution in [2.45, 2.75) is 0 Å². The van der Waals surface area contributed by atoms with Crippen molar-refractivity contribution in [1.82, 2.24) is 9.97 Å². The summed E-state index contributed by atoms with van der Waals surface area (Å²) in [4.78, 5) is 17.4. The fraction of sp³-hybridized carbons (Fsp3) is 0. The van der Waals surface area contributed by atoms with Crippen LogP contribution in [0.25, 0.3) is 0 Å². The quantitative estimate of drug-likeness (QED) is 0.922. The van der Waals surface area contributed by atoms with Crippen molar-refractivity contribution in [2.75, 3.05) is 0 Å². The molecule has 0 atom stereocenters. The molecule has 82 valence electrons. The average Bonchev–Trinajstić information content (AvgIpc) is 2.28. The van der Waals surface area contributed by atoms with Gasteiger partial charge < -0.3 is 9.72 Å². The van der Waals surface area contributed by atoms with Crippen LogP contribution in [0, 0.1) is 5.82 Å². The molecule has 2 aromatic rings. The third kappa shape index (κ3) is 2.27. The number of halogens is 2. The summed E-state index contributed by atoms with van der Waals surface area (Å²) in [7, 11) is 0. The molecule has 4 nitrogen and oxygen atoms in total. The minimum absolute atomic E-state index is 0.135. The van der Waals surface area contributed by atoms with E-state index in [-0.39, 0.29) is 21.7 Å². The Morgan fingerprint density at radius 3 is 2.69 bits per heavy atom. The highest BCUT2D eigenvalue weighted by molar-refractivity contribution is 9.10. The van der Waals surface area contributed by atoms with Gasteiger partial charge in [0, 0.05) is 0 Å². The Bertz CT molecular complexity index is 553. The normalized spacial score (nSPS) is 10.1. The van der Waals surface area contributed by atoms with Crippen LogP contribution in [0.2, 0.25) is 0 Å². The first kappa shape index (κ1) is 10.8. The summed E-state index contributed by atoms with van der Waals surface area (Å²) in [5.74, 6) is 0.181. The van der Waals surface area contributed by atoms with E-state index in [1.54, 1.807) is 0 Å². The summed E-state index contributed by atoms with van der Waals surface area (Å²) in [5.41, 5.74) is -0.341. The van der Waals surface area contributed by atoms with Gasteiger partial charge in [0.2, 0.25) is 5.88 Å². The fourth-order valence-corrected chi connectivity index (χ4v) is 1.35. The lowest BCUT2D eigenvalue weighted by molar-refractivity contribution is 0.455. The number of rotatable bonds is 2. The SMILES string of the molecule is O=c1[nH]cnc(Oc2ccc(F)cc2)c1Br. The Kier molecular flexibility index (Phi) is 3.00. The van der Waals surface area contributed by atoms with Gasteiger partial charge in [-0.3, -0.25) is 4.79 Å². The Labute approximate surface area is 98.2 Å². The molecule has 6 heteroatoms. The second kappa shape index (κ2) is 4.44. The zero-order chi connectivity index (χ0) is 11.5. The molecule has 1 aromatic heterocycles. The van der Waals surface area contributed by atoms with Crippen LogP contribution < -0.4 is 10.3 Å². The molecule has 0 spiro atoms. The predicted molar refractivity (Wildman–Crippen MR) is 59.0 cm³/mol. The third-order valence-corrected chi connectivity index (χ3v) is 2.49. The number of nitrogens with zero attached hydrogens (tertiary/aromatic N) is 1. The lowest BCUT2D eigenvalue weighted by Gasteiger charge is -2.04. The first-order chi connectivity index (χ1) is 7.66. The summed E-state index contributed by atoms with van der Waals surface area (Å²) in [6.07, 6.45) is 1.23. The number of benzene rings is 1. The monoisotopic (exact) mass is 284 g/mol. The minimum atomic E-state index is -0.356. The highest BCUT2D eigenvalue weighted by Gasteiger charge is 2.07. The van der Waals surface area contributed by atoms with Gasteiger partial charge in [-0.2, -0.15) is 0 Å². The number of hydrogen-bond acceptors (Lipinski definition) is 3. The van der Waals surface area contributed by atoms with Gasteiger partial charge in [0.1, 0.15) is 16.0 Å². The summed E-state index contributed by atoms with van der Waals surface area (Å²) in [6, 6.07) is 5.42. The molecule has 0 aliphatic carbocycles. The Hall–Kier alpha value is -1.69. The van der Waals surface area contributed by atoms with Crippen molar-refractivity contribution in [1.29, 1.82) is 0 Å². The maximum atomic E-state index is 12.6. The van der Waals surface area contributed by atoms with Crippen LogP contribution in [0.1, 0.15) is 0 Å². The van der Waals surface area contributed by atoms with E-state index < -0.39 is 0 Å². The van der Waals surface area contributed by atoms with Crippen molar-refractivity contribution in [3.05, 3.63) is 51.2 Å². The lowest BCUT2D eigenvalue weighted by atomic mass is 10.3. The number of aromatic amines is 1. The van der Waals surface area contributed by atoms with Gasteiger partial charge >= 0.3 is 0 Å². The molecular formula is C10H6BrFN2O2. The first-order valence-corrected chi connectivity index (χ1v) is 5.13. The van der Waals surface area contributed by atoms with Gasteiger partial charge in [-0.25, -0.2) is 9.37 Å². The van der Waals surface area contributed by atoms with Crippen molar-refractivity contribution in [2.24, 2.45) is 0 Å². The van der Waals surface area contributed by atoms with E-state index in [1.807, 2.05) is 0 Å². The second-order valence-electron chi connectivity index (χ2n) is 2.91. The maximum absolute atomic E-state index is 12.6. The van der Waals surface area contributed by atoms with Crippen molar-refractivity contribution in [3.8, 4) is 11.6 Å². The zero-order valence-corrected chi connectivity index (χ0v) is 9.49. The van der Waals surface area contributed by atoms with Crippen LogP contribution in [0.3, 0.4) is 0 Å². The Balaban J connectivity index is 2.30. The molecular weight excluding hydrogens is 279 g/mol. The van der Waals surface area contributed by atoms with Crippen LogP contribution in [0.15, 0.2) is 39.9 Å². The molecule has 0 saturated heterocycles. The topological polar surface area (TPSA) is 55.0 Å². The molecule has 1 aromatic carbocycles. The van der Waals surface area contributed by atoms with E-state index in [1.165, 1.54) is 30.6 Å². The van der Waals surface area contributed by atoms with Crippen LogP contribution >= 0.6 is 15.9 Å². The third-order valence-electron chi connectivity index (χ3n) is 1.79. The highest BCUT2D eigenvalue weighted by Crippen LogP contribution is 2.23. The van der Waals surface area contributed by atoms with E-state index in [9.17, 15) is 9.18 Å². The maximum Gasteiger partial charge on any atom is 0.268 e. The number of H-pyrrole nitrogens is 1. The molecule has 0 fully saturated rings. The number of nitrogens with one attached hydrogen (secondary N) is 1. The molecule has 0 radical (unpaired) electrons. The minimum Gasteiger partial charge on any atom is -0.438 e. The van der Waals surface area contributed by atoms with Gasteiger partial charge in [0.25, 0.3) is 5.56 Å². The predicted octanol–water partition coefficient (Wildman–Crippen LogP) is 2.46. The van der Waals surface area contributed by atoms with E-state index in [0.29, 0.717) is 5.75 Å². The van der Waals surface area contributed by atoms with Gasteiger partial charge in [-0.1, -0.05) is 0 Å². The van der Waals surface area contributed by atoms with Crippen LogP contribution in [0.4, 0.5) is 4.39 Å². The van der Waals surface area contributed by atoms with Crippen molar-refractivity contribution < 1.29 is 9.13 Å². The van der Waals surface area contributed by atoms with Crippen LogP contribution in [-0.4, -0.2) is 9.97 Å². The smallest absolute Gasteiger partial charge is 0.268 e. The molecule has 16 heavy (non-hydrogen) atoms. The first-order valence-electron chi connectivity index (χ1n) is 4.33. The molecule has 2 rings (SSSR count). The number of hydrogen-bond donors (Lipinski definition) is 1. The number of aromatic nitrogens is 2. The zero-order valence-electron chi connectivity index (χ0n) is 7.91. The van der Waals surface area contributed by atoms with Gasteiger partial charge in [-0.05, 0) is 40.2 Å². The average molecular weight is 285 g/mol. The molecule has 0 amide bonds. The summed E-state index contributed by atoms with van der Waals surface area (Å²) in [6.45, 7) is 0. The van der Waals surface area contributed by atoms with Gasteiger partial charge in [-0.15, -0.1) is 0 Å². The highest BCUT2D eigenvalue weighted by atomic mass is 79.9. The second-order valence-corrected chi connectivity index (χ2v) is 3.70. The summed E-state index contributed by atoms with van der Waals surface area (Å²) >= 11 is 3.05.